The molecule has 0 aliphatic carbocycles. The molecule has 0 heterocycles. The van der Waals surface area contributed by atoms with Crippen molar-refractivity contribution in [3.05, 3.63) is 95.6 Å². The minimum Gasteiger partial charge on any atom is -0.508 e. The fraction of sp³-hybridized carbons (Fsp3) is 0.462. The standard InChI is InChI=1S/C39H49F3O8/c1-9-37(6,50-32-21-20-31(43)24-29(32)25-34(44)47-7)22-14-16-27(4)15-13-17-28(5)35(45)33(23-26(2)3)49-36(46)38(48-8,39(40,41)42)30-18-11-10-12-19-30/h9-12,16,18-21,23-24,28,33,43H,1,13-15,17,22,25H2,2-8H3/b27-16+/t28?,33-,37?,38-/m1/s1. The molecule has 0 saturated heterocycles. The zero-order valence-corrected chi connectivity index (χ0v) is 29.9. The van der Waals surface area contributed by atoms with Crippen LogP contribution in [0.1, 0.15) is 77.8 Å². The third kappa shape index (κ3) is 11.3. The van der Waals surface area contributed by atoms with Crippen LogP contribution in [-0.4, -0.2) is 54.9 Å². The predicted molar refractivity (Wildman–Crippen MR) is 185 cm³/mol. The predicted octanol–water partition coefficient (Wildman–Crippen LogP) is 8.52. The van der Waals surface area contributed by atoms with E-state index in [1.807, 2.05) is 13.8 Å². The van der Waals surface area contributed by atoms with Gasteiger partial charge in [-0.2, -0.15) is 13.2 Å². The summed E-state index contributed by atoms with van der Waals surface area (Å²) in [6.07, 6.45) is 1.20. The van der Waals surface area contributed by atoms with Crippen LogP contribution in [0.5, 0.6) is 11.5 Å². The van der Waals surface area contributed by atoms with Gasteiger partial charge in [0.2, 0.25) is 0 Å². The summed E-state index contributed by atoms with van der Waals surface area (Å²) in [5.74, 6) is -2.89. The van der Waals surface area contributed by atoms with Gasteiger partial charge in [0.05, 0.1) is 13.5 Å². The number of allylic oxidation sites excluding steroid dienone is 3. The molecule has 2 rings (SSSR count). The summed E-state index contributed by atoms with van der Waals surface area (Å²) < 4.78 is 64.4. The third-order valence-corrected chi connectivity index (χ3v) is 8.38. The lowest BCUT2D eigenvalue weighted by molar-refractivity contribution is -0.277. The van der Waals surface area contributed by atoms with Crippen molar-refractivity contribution in [2.24, 2.45) is 5.92 Å². The first-order valence-corrected chi connectivity index (χ1v) is 16.4. The molecular formula is C39H49F3O8. The molecule has 0 aromatic heterocycles. The van der Waals surface area contributed by atoms with Crippen LogP contribution in [-0.2, 0) is 40.6 Å². The minimum absolute atomic E-state index is 0.00255. The number of ether oxygens (including phenoxy) is 4. The molecule has 0 radical (unpaired) electrons. The molecule has 1 N–H and O–H groups in total. The van der Waals surface area contributed by atoms with E-state index < -0.39 is 52.7 Å². The second-order valence-electron chi connectivity index (χ2n) is 12.8. The highest BCUT2D eigenvalue weighted by Crippen LogP contribution is 2.43. The number of alkyl halides is 3. The monoisotopic (exact) mass is 702 g/mol. The van der Waals surface area contributed by atoms with Gasteiger partial charge >= 0.3 is 18.1 Å². The zero-order valence-electron chi connectivity index (χ0n) is 29.9. The van der Waals surface area contributed by atoms with Crippen molar-refractivity contribution in [1.82, 2.24) is 0 Å². The van der Waals surface area contributed by atoms with Gasteiger partial charge in [-0.25, -0.2) is 4.79 Å². The van der Waals surface area contributed by atoms with Gasteiger partial charge in [0.15, 0.2) is 11.9 Å². The first kappa shape index (κ1) is 41.8. The van der Waals surface area contributed by atoms with Crippen molar-refractivity contribution in [3.8, 4) is 11.5 Å². The van der Waals surface area contributed by atoms with Gasteiger partial charge in [-0.15, -0.1) is 0 Å². The summed E-state index contributed by atoms with van der Waals surface area (Å²) >= 11 is 0. The summed E-state index contributed by atoms with van der Waals surface area (Å²) in [4.78, 5) is 38.6. The second-order valence-corrected chi connectivity index (χ2v) is 12.8. The SMILES string of the molecule is C=CC(C)(CC/C=C(\C)CCCC(C)C(=O)[C@@H](C=C(C)C)OC(=O)[C@](OC)(c1ccccc1)C(F)(F)F)Oc1ccc(O)cc1CC(=O)OC. The van der Waals surface area contributed by atoms with E-state index in [4.69, 9.17) is 18.9 Å². The number of halogens is 3. The van der Waals surface area contributed by atoms with Crippen LogP contribution >= 0.6 is 0 Å². The number of ketones is 1. The molecule has 0 saturated carbocycles. The van der Waals surface area contributed by atoms with Crippen molar-refractivity contribution < 1.29 is 51.6 Å². The Morgan fingerprint density at radius 1 is 1.02 bits per heavy atom. The number of carbonyl (C=O) groups is 3. The van der Waals surface area contributed by atoms with Gasteiger partial charge in [-0.05, 0) is 90.2 Å². The van der Waals surface area contributed by atoms with E-state index in [0.29, 0.717) is 49.0 Å². The fourth-order valence-electron chi connectivity index (χ4n) is 5.36. The lowest BCUT2D eigenvalue weighted by Gasteiger charge is -2.33. The van der Waals surface area contributed by atoms with E-state index in [0.717, 1.165) is 24.8 Å². The van der Waals surface area contributed by atoms with E-state index in [2.05, 4.69) is 12.7 Å². The molecule has 2 aromatic rings. The molecule has 50 heavy (non-hydrogen) atoms. The van der Waals surface area contributed by atoms with Gasteiger partial charge in [0.25, 0.3) is 5.60 Å². The number of benzene rings is 2. The molecule has 11 heteroatoms. The van der Waals surface area contributed by atoms with E-state index in [1.54, 1.807) is 32.9 Å². The van der Waals surface area contributed by atoms with Gasteiger partial charge in [0, 0.05) is 24.2 Å². The number of Topliss-reactive ketones (excluding diaryl/α,β-unsaturated/α-hetero) is 1. The fourth-order valence-corrected chi connectivity index (χ4v) is 5.36. The van der Waals surface area contributed by atoms with E-state index in [9.17, 15) is 32.7 Å². The number of hydrogen-bond donors (Lipinski definition) is 1. The molecule has 0 fully saturated rings. The topological polar surface area (TPSA) is 108 Å². The summed E-state index contributed by atoms with van der Waals surface area (Å²) in [5.41, 5.74) is -2.51. The van der Waals surface area contributed by atoms with Crippen LogP contribution in [0, 0.1) is 5.92 Å². The zero-order chi connectivity index (χ0) is 37.7. The second kappa shape index (κ2) is 18.6. The van der Waals surface area contributed by atoms with Crippen molar-refractivity contribution in [2.45, 2.75) is 96.6 Å². The van der Waals surface area contributed by atoms with Crippen molar-refractivity contribution >= 4 is 17.7 Å². The number of esters is 2. The lowest BCUT2D eigenvalue weighted by atomic mass is 9.91. The Morgan fingerprint density at radius 3 is 2.24 bits per heavy atom. The Bertz CT molecular complexity index is 1530. The van der Waals surface area contributed by atoms with Gasteiger partial charge in [-0.3, -0.25) is 9.59 Å². The van der Waals surface area contributed by atoms with Crippen LogP contribution in [0.3, 0.4) is 0 Å². The van der Waals surface area contributed by atoms with Crippen LogP contribution in [0.15, 0.2) is 84.5 Å². The van der Waals surface area contributed by atoms with Gasteiger partial charge in [-0.1, -0.05) is 61.1 Å². The van der Waals surface area contributed by atoms with Crippen LogP contribution < -0.4 is 4.74 Å². The molecule has 0 amide bonds. The molecular weight excluding hydrogens is 653 g/mol. The maximum absolute atomic E-state index is 14.4. The maximum Gasteiger partial charge on any atom is 0.432 e. The Balaban J connectivity index is 2.06. The van der Waals surface area contributed by atoms with Crippen molar-refractivity contribution in [2.75, 3.05) is 14.2 Å². The first-order valence-electron chi connectivity index (χ1n) is 16.4. The number of phenols is 1. The molecule has 2 aromatic carbocycles. The Kier molecular flexibility index (Phi) is 15.5. The quantitative estimate of drug-likeness (QED) is 0.115. The molecule has 8 nitrogen and oxygen atoms in total. The van der Waals surface area contributed by atoms with Crippen LogP contribution in [0.4, 0.5) is 13.2 Å². The van der Waals surface area contributed by atoms with Crippen LogP contribution in [0.2, 0.25) is 0 Å². The first-order chi connectivity index (χ1) is 23.4. The number of aromatic hydroxyl groups is 1. The summed E-state index contributed by atoms with van der Waals surface area (Å²) in [7, 11) is 2.06. The highest BCUT2D eigenvalue weighted by atomic mass is 19.4. The molecule has 0 bridgehead atoms. The third-order valence-electron chi connectivity index (χ3n) is 8.38. The summed E-state index contributed by atoms with van der Waals surface area (Å²) in [5, 5.41) is 9.90. The average molecular weight is 703 g/mol. The number of rotatable bonds is 19. The molecule has 0 spiro atoms. The normalized spacial score (nSPS) is 15.4. The number of hydrogen-bond acceptors (Lipinski definition) is 8. The lowest BCUT2D eigenvalue weighted by Crippen LogP contribution is -2.53. The highest BCUT2D eigenvalue weighted by Gasteiger charge is 2.64. The average Bonchev–Trinajstić information content (AvgIpc) is 3.05. The van der Waals surface area contributed by atoms with Crippen molar-refractivity contribution in [3.63, 3.8) is 0 Å². The number of methoxy groups -OCH3 is 2. The smallest absolute Gasteiger partial charge is 0.432 e. The molecule has 0 aliphatic heterocycles. The molecule has 0 aliphatic rings. The molecule has 274 valence electrons. The Hall–Kier alpha value is -4.38. The van der Waals surface area contributed by atoms with E-state index in [-0.39, 0.29) is 12.2 Å². The van der Waals surface area contributed by atoms with Crippen molar-refractivity contribution in [1.29, 1.82) is 0 Å². The Labute approximate surface area is 293 Å². The number of carbonyl (C=O) groups excluding carboxylic acids is 3. The largest absolute Gasteiger partial charge is 0.508 e. The minimum atomic E-state index is -5.16. The highest BCUT2D eigenvalue weighted by molar-refractivity contribution is 5.91. The van der Waals surface area contributed by atoms with Gasteiger partial charge < -0.3 is 24.1 Å². The van der Waals surface area contributed by atoms with E-state index in [1.165, 1.54) is 43.5 Å². The molecule has 2 unspecified atom stereocenters. The maximum atomic E-state index is 14.4. The number of phenolic OH excluding ortho intramolecular Hbond substituents is 1. The van der Waals surface area contributed by atoms with E-state index >= 15 is 0 Å². The van der Waals surface area contributed by atoms with Gasteiger partial charge in [0.1, 0.15) is 17.1 Å². The Morgan fingerprint density at radius 2 is 1.68 bits per heavy atom. The van der Waals surface area contributed by atoms with Crippen LogP contribution in [0.25, 0.3) is 0 Å². The summed E-state index contributed by atoms with van der Waals surface area (Å²) in [6.45, 7) is 12.7. The molecule has 4 atom stereocenters. The summed E-state index contributed by atoms with van der Waals surface area (Å²) in [6, 6.07) is 11.0.